The maximum absolute atomic E-state index is 12.4. The summed E-state index contributed by atoms with van der Waals surface area (Å²) >= 11 is 0. The van der Waals surface area contributed by atoms with Crippen LogP contribution >= 0.6 is 0 Å². The van der Waals surface area contributed by atoms with Crippen molar-refractivity contribution >= 4 is 6.03 Å². The van der Waals surface area contributed by atoms with Gasteiger partial charge in [0.05, 0.1) is 6.04 Å². The van der Waals surface area contributed by atoms with Crippen molar-refractivity contribution in [2.45, 2.75) is 19.9 Å². The molecule has 0 bridgehead atoms. The van der Waals surface area contributed by atoms with Crippen LogP contribution in [0, 0.1) is 0 Å². The summed E-state index contributed by atoms with van der Waals surface area (Å²) in [4.78, 5) is 20.9. The Hall–Kier alpha value is -2.41. The summed E-state index contributed by atoms with van der Waals surface area (Å²) < 4.78 is 5.29. The average molecular weight is 329 g/mol. The number of hydrogen-bond donors (Lipinski definition) is 1. The van der Waals surface area contributed by atoms with Crippen LogP contribution in [0.1, 0.15) is 25.7 Å². The molecule has 1 aliphatic rings. The van der Waals surface area contributed by atoms with E-state index in [1.54, 1.807) is 0 Å². The Kier molecular flexibility index (Phi) is 5.10. The van der Waals surface area contributed by atoms with Gasteiger partial charge in [-0.05, 0) is 25.6 Å². The zero-order valence-corrected chi connectivity index (χ0v) is 14.1. The second-order valence-electron chi connectivity index (χ2n) is 5.92. The van der Waals surface area contributed by atoms with E-state index in [-0.39, 0.29) is 12.1 Å². The predicted molar refractivity (Wildman–Crippen MR) is 90.4 cm³/mol. The van der Waals surface area contributed by atoms with Crippen LogP contribution < -0.4 is 5.32 Å². The number of likely N-dealkylation sites (N-methyl/N-ethyl adjacent to an activating group) is 1. The lowest BCUT2D eigenvalue weighted by Gasteiger charge is -2.34. The molecular formula is C17H23N5O2. The highest BCUT2D eigenvalue weighted by molar-refractivity contribution is 5.74. The largest absolute Gasteiger partial charge is 0.334 e. The summed E-state index contributed by atoms with van der Waals surface area (Å²) in [7, 11) is 0. The molecule has 0 aliphatic carbocycles. The van der Waals surface area contributed by atoms with Crippen LogP contribution in [0.2, 0.25) is 0 Å². The number of carbonyl (C=O) groups excluding carboxylic acids is 1. The summed E-state index contributed by atoms with van der Waals surface area (Å²) in [5.74, 6) is 0.942. The lowest BCUT2D eigenvalue weighted by molar-refractivity contribution is 0.141. The van der Waals surface area contributed by atoms with Gasteiger partial charge in [-0.15, -0.1) is 0 Å². The molecule has 1 aromatic heterocycles. The Bertz CT molecular complexity index is 665. The first-order valence-corrected chi connectivity index (χ1v) is 8.34. The van der Waals surface area contributed by atoms with Crippen molar-refractivity contribution < 1.29 is 9.32 Å². The molecule has 7 nitrogen and oxygen atoms in total. The van der Waals surface area contributed by atoms with Crippen molar-refractivity contribution in [3.63, 3.8) is 0 Å². The van der Waals surface area contributed by atoms with E-state index in [4.69, 9.17) is 4.52 Å². The van der Waals surface area contributed by atoms with Gasteiger partial charge in [0.15, 0.2) is 5.82 Å². The van der Waals surface area contributed by atoms with Gasteiger partial charge in [0, 0.05) is 31.7 Å². The molecule has 2 amide bonds. The normalized spacial score (nSPS) is 16.8. The van der Waals surface area contributed by atoms with Crippen molar-refractivity contribution in [2.75, 3.05) is 32.7 Å². The lowest BCUT2D eigenvalue weighted by Crippen LogP contribution is -2.52. The number of rotatable bonds is 4. The molecule has 1 N–H and O–H groups in total. The molecule has 1 saturated heterocycles. The van der Waals surface area contributed by atoms with Crippen LogP contribution in [0.15, 0.2) is 34.9 Å². The van der Waals surface area contributed by atoms with Crippen molar-refractivity contribution in [1.29, 1.82) is 0 Å². The standard InChI is InChI=1S/C17H23N5O2/c1-3-21-9-11-22(12-10-21)17(23)18-13(2)15-19-16(24-20-15)14-7-5-4-6-8-14/h4-8,13H,3,9-12H2,1-2H3,(H,18,23). The summed E-state index contributed by atoms with van der Waals surface area (Å²) in [6.07, 6.45) is 0. The van der Waals surface area contributed by atoms with E-state index in [0.29, 0.717) is 11.7 Å². The monoisotopic (exact) mass is 329 g/mol. The number of amides is 2. The van der Waals surface area contributed by atoms with Gasteiger partial charge < -0.3 is 19.6 Å². The predicted octanol–water partition coefficient (Wildman–Crippen LogP) is 2.14. The molecule has 1 fully saturated rings. The number of nitrogens with one attached hydrogen (secondary N) is 1. The van der Waals surface area contributed by atoms with Crippen LogP contribution in [-0.4, -0.2) is 58.7 Å². The second-order valence-corrected chi connectivity index (χ2v) is 5.92. The highest BCUT2D eigenvalue weighted by Gasteiger charge is 2.23. The Morgan fingerprint density at radius 3 is 2.62 bits per heavy atom. The van der Waals surface area contributed by atoms with Crippen LogP contribution in [-0.2, 0) is 0 Å². The minimum absolute atomic E-state index is 0.0793. The lowest BCUT2D eigenvalue weighted by atomic mass is 10.2. The van der Waals surface area contributed by atoms with Gasteiger partial charge in [-0.25, -0.2) is 4.79 Å². The van der Waals surface area contributed by atoms with E-state index >= 15 is 0 Å². The first kappa shape index (κ1) is 16.4. The summed E-state index contributed by atoms with van der Waals surface area (Å²) in [6, 6.07) is 9.21. The molecule has 0 radical (unpaired) electrons. The summed E-state index contributed by atoms with van der Waals surface area (Å²) in [5.41, 5.74) is 0.866. The zero-order valence-electron chi connectivity index (χ0n) is 14.1. The highest BCUT2D eigenvalue weighted by atomic mass is 16.5. The quantitative estimate of drug-likeness (QED) is 0.930. The van der Waals surface area contributed by atoms with Gasteiger partial charge in [0.1, 0.15) is 0 Å². The molecule has 2 heterocycles. The highest BCUT2D eigenvalue weighted by Crippen LogP contribution is 2.18. The van der Waals surface area contributed by atoms with E-state index in [2.05, 4.69) is 27.3 Å². The van der Waals surface area contributed by atoms with Crippen molar-refractivity contribution in [1.82, 2.24) is 25.3 Å². The average Bonchev–Trinajstić information content (AvgIpc) is 3.13. The molecule has 1 unspecified atom stereocenters. The van der Waals surface area contributed by atoms with E-state index in [1.165, 1.54) is 0 Å². The second kappa shape index (κ2) is 7.44. The zero-order chi connectivity index (χ0) is 16.9. The summed E-state index contributed by atoms with van der Waals surface area (Å²) in [6.45, 7) is 8.34. The van der Waals surface area contributed by atoms with E-state index < -0.39 is 0 Å². The van der Waals surface area contributed by atoms with Gasteiger partial charge in [-0.2, -0.15) is 4.98 Å². The fourth-order valence-electron chi connectivity index (χ4n) is 2.72. The van der Waals surface area contributed by atoms with Crippen LogP contribution in [0.3, 0.4) is 0 Å². The molecule has 3 rings (SSSR count). The number of hydrogen-bond acceptors (Lipinski definition) is 5. The third-order valence-corrected chi connectivity index (χ3v) is 4.30. The Morgan fingerprint density at radius 1 is 1.25 bits per heavy atom. The summed E-state index contributed by atoms with van der Waals surface area (Å²) in [5, 5.41) is 6.94. The number of piperazine rings is 1. The fourth-order valence-corrected chi connectivity index (χ4v) is 2.72. The number of nitrogens with zero attached hydrogens (tertiary/aromatic N) is 4. The van der Waals surface area contributed by atoms with Gasteiger partial charge >= 0.3 is 6.03 Å². The molecule has 7 heteroatoms. The van der Waals surface area contributed by atoms with Gasteiger partial charge in [0.25, 0.3) is 5.89 Å². The first-order chi connectivity index (χ1) is 11.7. The Morgan fingerprint density at radius 2 is 1.96 bits per heavy atom. The van der Waals surface area contributed by atoms with E-state index in [1.807, 2.05) is 42.2 Å². The van der Waals surface area contributed by atoms with Crippen molar-refractivity contribution in [2.24, 2.45) is 0 Å². The first-order valence-electron chi connectivity index (χ1n) is 8.34. The van der Waals surface area contributed by atoms with Crippen LogP contribution in [0.25, 0.3) is 11.5 Å². The Balaban J connectivity index is 1.58. The minimum Gasteiger partial charge on any atom is -0.334 e. The van der Waals surface area contributed by atoms with Gasteiger partial charge in [0.2, 0.25) is 0 Å². The molecule has 1 aliphatic heterocycles. The van der Waals surface area contributed by atoms with Crippen molar-refractivity contribution in [3.05, 3.63) is 36.2 Å². The maximum atomic E-state index is 12.4. The molecule has 128 valence electrons. The van der Waals surface area contributed by atoms with Crippen molar-refractivity contribution in [3.8, 4) is 11.5 Å². The van der Waals surface area contributed by atoms with Crippen LogP contribution in [0.5, 0.6) is 0 Å². The van der Waals surface area contributed by atoms with Gasteiger partial charge in [-0.1, -0.05) is 30.3 Å². The molecule has 2 aromatic rings. The van der Waals surface area contributed by atoms with E-state index in [0.717, 1.165) is 38.3 Å². The van der Waals surface area contributed by atoms with E-state index in [9.17, 15) is 4.79 Å². The smallest absolute Gasteiger partial charge is 0.318 e. The SMILES string of the molecule is CCN1CCN(C(=O)NC(C)c2noc(-c3ccccc3)n2)CC1. The fraction of sp³-hybridized carbons (Fsp3) is 0.471. The third kappa shape index (κ3) is 3.73. The third-order valence-electron chi connectivity index (χ3n) is 4.30. The number of urea groups is 1. The Labute approximate surface area is 141 Å². The topological polar surface area (TPSA) is 74.5 Å². The maximum Gasteiger partial charge on any atom is 0.318 e. The van der Waals surface area contributed by atoms with Gasteiger partial charge in [-0.3, -0.25) is 0 Å². The van der Waals surface area contributed by atoms with Crippen LogP contribution in [0.4, 0.5) is 4.79 Å². The molecule has 24 heavy (non-hydrogen) atoms. The molecule has 0 spiro atoms. The number of aromatic nitrogens is 2. The molecule has 0 saturated carbocycles. The minimum atomic E-state index is -0.303. The number of carbonyl (C=O) groups is 1. The number of benzene rings is 1. The molecular weight excluding hydrogens is 306 g/mol. The molecule has 1 atom stereocenters. The molecule has 1 aromatic carbocycles.